The predicted molar refractivity (Wildman–Crippen MR) is 340 cm³/mol. The van der Waals surface area contributed by atoms with Crippen molar-refractivity contribution in [2.75, 3.05) is 6.61 Å². The molecule has 0 fully saturated rings. The number of aliphatic hydroxyl groups is 2. The molecular formula is C72H129NO3. The number of hydrogen-bond donors (Lipinski definition) is 3. The van der Waals surface area contributed by atoms with Crippen LogP contribution in [0.3, 0.4) is 0 Å². The molecule has 0 aliphatic heterocycles. The first-order chi connectivity index (χ1) is 37.7. The molecule has 0 aromatic carbocycles. The second-order valence-corrected chi connectivity index (χ2v) is 22.5. The molecule has 0 aliphatic carbocycles. The van der Waals surface area contributed by atoms with Gasteiger partial charge in [0.1, 0.15) is 0 Å². The van der Waals surface area contributed by atoms with Gasteiger partial charge in [0.2, 0.25) is 5.91 Å². The summed E-state index contributed by atoms with van der Waals surface area (Å²) < 4.78 is 0. The molecule has 0 spiro atoms. The van der Waals surface area contributed by atoms with Gasteiger partial charge < -0.3 is 15.5 Å². The summed E-state index contributed by atoms with van der Waals surface area (Å²) in [6, 6.07) is -0.550. The molecule has 76 heavy (non-hydrogen) atoms. The number of carbonyl (C=O) groups excluding carboxylic acids is 1. The minimum Gasteiger partial charge on any atom is -0.394 e. The normalized spacial score (nSPS) is 13.4. The van der Waals surface area contributed by atoms with Gasteiger partial charge in [0, 0.05) is 6.42 Å². The second kappa shape index (κ2) is 66.6. The van der Waals surface area contributed by atoms with Crippen molar-refractivity contribution < 1.29 is 15.0 Å². The van der Waals surface area contributed by atoms with Gasteiger partial charge in [-0.2, -0.15) is 0 Å². The van der Waals surface area contributed by atoms with Gasteiger partial charge in [-0.25, -0.2) is 0 Å². The van der Waals surface area contributed by atoms with E-state index in [-0.39, 0.29) is 12.5 Å². The zero-order valence-corrected chi connectivity index (χ0v) is 50.8. The molecule has 2 atom stereocenters. The maximum Gasteiger partial charge on any atom is 0.220 e. The first kappa shape index (κ1) is 73.3. The van der Waals surface area contributed by atoms with Gasteiger partial charge in [0.05, 0.1) is 18.8 Å². The van der Waals surface area contributed by atoms with Crippen molar-refractivity contribution in [3.05, 3.63) is 97.2 Å². The predicted octanol–water partition coefficient (Wildman–Crippen LogP) is 22.8. The Morgan fingerprint density at radius 2 is 0.579 bits per heavy atom. The van der Waals surface area contributed by atoms with E-state index in [1.165, 1.54) is 231 Å². The monoisotopic (exact) mass is 1060 g/mol. The van der Waals surface area contributed by atoms with E-state index in [4.69, 9.17) is 0 Å². The maximum atomic E-state index is 12.6. The minimum atomic E-state index is -0.672. The highest BCUT2D eigenvalue weighted by Crippen LogP contribution is 2.18. The van der Waals surface area contributed by atoms with Crippen LogP contribution in [0, 0.1) is 0 Å². The van der Waals surface area contributed by atoms with Crippen LogP contribution < -0.4 is 5.32 Å². The molecule has 4 heteroatoms. The SMILES string of the molecule is CC/C=C\C/C=C\C/C=C\C/C=C\C/C=C\C/C=C\C/C=C\C/C=C\CCCCCCCCCCC(=O)NC(CO)C(O)CCCCCCCCCCCCCCCCCCCCCCCCCCCCCCCCC. The van der Waals surface area contributed by atoms with Gasteiger partial charge in [0.25, 0.3) is 0 Å². The van der Waals surface area contributed by atoms with Crippen LogP contribution in [0.1, 0.15) is 335 Å². The van der Waals surface area contributed by atoms with Crippen molar-refractivity contribution in [1.29, 1.82) is 0 Å². The van der Waals surface area contributed by atoms with Crippen molar-refractivity contribution in [3.63, 3.8) is 0 Å². The topological polar surface area (TPSA) is 69.6 Å². The van der Waals surface area contributed by atoms with Crippen LogP contribution in [0.4, 0.5) is 0 Å². The highest BCUT2D eigenvalue weighted by molar-refractivity contribution is 5.76. The van der Waals surface area contributed by atoms with Gasteiger partial charge in [-0.05, 0) is 77.0 Å². The molecule has 0 aromatic rings. The Hall–Kier alpha value is -2.69. The van der Waals surface area contributed by atoms with Crippen LogP contribution in [0.25, 0.3) is 0 Å². The van der Waals surface area contributed by atoms with Crippen LogP contribution in [-0.4, -0.2) is 34.9 Å². The van der Waals surface area contributed by atoms with E-state index < -0.39 is 12.1 Å². The van der Waals surface area contributed by atoms with E-state index >= 15 is 0 Å². The molecule has 3 N–H and O–H groups in total. The van der Waals surface area contributed by atoms with Crippen molar-refractivity contribution in [3.8, 4) is 0 Å². The average Bonchev–Trinajstić information content (AvgIpc) is 3.42. The summed E-state index contributed by atoms with van der Waals surface area (Å²) in [4.78, 5) is 12.6. The highest BCUT2D eigenvalue weighted by atomic mass is 16.3. The van der Waals surface area contributed by atoms with Gasteiger partial charge in [0.15, 0.2) is 0 Å². The lowest BCUT2D eigenvalue weighted by Crippen LogP contribution is -2.45. The lowest BCUT2D eigenvalue weighted by Gasteiger charge is -2.22. The molecule has 0 saturated heterocycles. The average molecular weight is 1060 g/mol. The Morgan fingerprint density at radius 1 is 0.329 bits per heavy atom. The molecule has 1 amide bonds. The third kappa shape index (κ3) is 62.2. The van der Waals surface area contributed by atoms with E-state index in [0.29, 0.717) is 12.8 Å². The summed E-state index contributed by atoms with van der Waals surface area (Å²) in [7, 11) is 0. The van der Waals surface area contributed by atoms with Gasteiger partial charge in [-0.1, -0.05) is 349 Å². The molecule has 4 nitrogen and oxygen atoms in total. The lowest BCUT2D eigenvalue weighted by molar-refractivity contribution is -0.123. The first-order valence-corrected chi connectivity index (χ1v) is 33.4. The molecule has 0 aliphatic rings. The Bertz CT molecular complexity index is 1380. The number of hydrogen-bond acceptors (Lipinski definition) is 3. The smallest absolute Gasteiger partial charge is 0.220 e. The Labute approximate surface area is 474 Å². The number of allylic oxidation sites excluding steroid dienone is 16. The third-order valence-electron chi connectivity index (χ3n) is 15.1. The van der Waals surface area contributed by atoms with Gasteiger partial charge >= 0.3 is 0 Å². The molecule has 0 rings (SSSR count). The number of nitrogens with one attached hydrogen (secondary N) is 1. The van der Waals surface area contributed by atoms with E-state index in [1.54, 1.807) is 0 Å². The lowest BCUT2D eigenvalue weighted by atomic mass is 10.0. The molecule has 0 bridgehead atoms. The molecule has 0 radical (unpaired) electrons. The fourth-order valence-electron chi connectivity index (χ4n) is 10.1. The molecule has 0 saturated carbocycles. The standard InChI is InChI=1S/C72H129NO3/c1-3-5-7-9-11-13-15-17-19-21-23-25-27-29-31-33-35-36-38-40-42-44-46-48-50-52-54-56-58-60-62-64-66-68-72(76)73-70(69-74)71(75)67-65-63-61-59-57-55-53-51-49-47-45-43-41-39-37-34-32-30-28-26-24-22-20-18-16-14-12-10-8-6-4-2/h5,7,11,13,17,19,23,25,29,31,35-36,40,42,46,48,70-71,74-75H,3-4,6,8-10,12,14-16,18,20-22,24,26-28,30,32-34,37-39,41,43-45,47,49-69H2,1-2H3,(H,73,76)/b7-5-,13-11-,19-17-,25-23-,31-29-,36-35-,42-40-,48-46-. The Morgan fingerprint density at radius 3 is 0.868 bits per heavy atom. The minimum absolute atomic E-state index is 0.0394. The van der Waals surface area contributed by atoms with E-state index in [2.05, 4.69) is 116 Å². The quantitative estimate of drug-likeness (QED) is 0.0420. The first-order valence-electron chi connectivity index (χ1n) is 33.4. The van der Waals surface area contributed by atoms with Gasteiger partial charge in [-0.3, -0.25) is 4.79 Å². The van der Waals surface area contributed by atoms with Crippen molar-refractivity contribution >= 4 is 5.91 Å². The van der Waals surface area contributed by atoms with Crippen molar-refractivity contribution in [2.24, 2.45) is 0 Å². The zero-order valence-electron chi connectivity index (χ0n) is 50.8. The second-order valence-electron chi connectivity index (χ2n) is 22.5. The van der Waals surface area contributed by atoms with Crippen molar-refractivity contribution in [1.82, 2.24) is 5.32 Å². The van der Waals surface area contributed by atoms with E-state index in [0.717, 1.165) is 77.0 Å². The number of unbranched alkanes of at least 4 members (excludes halogenated alkanes) is 38. The molecule has 0 aromatic heterocycles. The largest absolute Gasteiger partial charge is 0.394 e. The van der Waals surface area contributed by atoms with Crippen LogP contribution in [0.15, 0.2) is 97.2 Å². The van der Waals surface area contributed by atoms with Crippen LogP contribution in [-0.2, 0) is 4.79 Å². The van der Waals surface area contributed by atoms with Crippen LogP contribution >= 0.6 is 0 Å². The highest BCUT2D eigenvalue weighted by Gasteiger charge is 2.20. The third-order valence-corrected chi connectivity index (χ3v) is 15.1. The van der Waals surface area contributed by atoms with Gasteiger partial charge in [-0.15, -0.1) is 0 Å². The maximum absolute atomic E-state index is 12.6. The van der Waals surface area contributed by atoms with Crippen molar-refractivity contribution in [2.45, 2.75) is 347 Å². The number of rotatable bonds is 61. The summed E-state index contributed by atoms with van der Waals surface area (Å²) >= 11 is 0. The van der Waals surface area contributed by atoms with Crippen LogP contribution in [0.5, 0.6) is 0 Å². The summed E-state index contributed by atoms with van der Waals surface area (Å²) in [5, 5.41) is 23.4. The Kier molecular flexibility index (Phi) is 64.2. The Balaban J connectivity index is 3.50. The number of carbonyl (C=O) groups is 1. The molecular weight excluding hydrogens is 927 g/mol. The fourth-order valence-corrected chi connectivity index (χ4v) is 10.1. The summed E-state index contributed by atoms with van der Waals surface area (Å²) in [5.41, 5.74) is 0. The van der Waals surface area contributed by atoms with E-state index in [9.17, 15) is 15.0 Å². The van der Waals surface area contributed by atoms with Crippen LogP contribution in [0.2, 0.25) is 0 Å². The summed E-state index contributed by atoms with van der Waals surface area (Å²) in [6.45, 7) is 4.27. The molecule has 440 valence electrons. The number of aliphatic hydroxyl groups excluding tert-OH is 2. The number of amides is 1. The molecule has 0 heterocycles. The summed E-state index contributed by atoms with van der Waals surface area (Å²) in [6.07, 6.45) is 98.7. The van der Waals surface area contributed by atoms with E-state index in [1.807, 2.05) is 0 Å². The fraction of sp³-hybridized carbons (Fsp3) is 0.764. The summed E-state index contributed by atoms with van der Waals surface area (Å²) in [5.74, 6) is -0.0394. The zero-order chi connectivity index (χ0) is 54.8. The molecule has 2 unspecified atom stereocenters.